The summed E-state index contributed by atoms with van der Waals surface area (Å²) >= 11 is 0. The van der Waals surface area contributed by atoms with E-state index in [4.69, 9.17) is 14.2 Å². The topological polar surface area (TPSA) is 78.9 Å². The largest absolute Gasteiger partial charge is 0.462 e. The lowest BCUT2D eigenvalue weighted by Crippen LogP contribution is -2.30. The molecule has 0 aromatic carbocycles. The second-order valence-electron chi connectivity index (χ2n) is 19.9. The first-order valence-electron chi connectivity index (χ1n) is 29.2. The van der Waals surface area contributed by atoms with E-state index >= 15 is 0 Å². The van der Waals surface area contributed by atoms with Crippen LogP contribution in [0.5, 0.6) is 0 Å². The molecule has 0 amide bonds. The van der Waals surface area contributed by atoms with Crippen LogP contribution in [0.15, 0.2) is 12.2 Å². The van der Waals surface area contributed by atoms with Crippen molar-refractivity contribution in [2.75, 3.05) is 13.2 Å². The minimum Gasteiger partial charge on any atom is -0.462 e. The first-order valence-corrected chi connectivity index (χ1v) is 29.2. The van der Waals surface area contributed by atoms with Crippen molar-refractivity contribution < 1.29 is 28.6 Å². The molecule has 0 heterocycles. The van der Waals surface area contributed by atoms with Gasteiger partial charge in [-0.1, -0.05) is 277 Å². The Morgan fingerprint density at radius 3 is 0.785 bits per heavy atom. The van der Waals surface area contributed by atoms with Gasteiger partial charge in [-0.3, -0.25) is 14.4 Å². The third-order valence-electron chi connectivity index (χ3n) is 13.3. The Bertz CT molecular complexity index is 1010. The molecule has 0 saturated carbocycles. The molecule has 1 unspecified atom stereocenters. The fraction of sp³-hybridized carbons (Fsp3) is 0.915. The molecule has 0 radical (unpaired) electrons. The Labute approximate surface area is 405 Å². The van der Waals surface area contributed by atoms with Crippen LogP contribution in [0.25, 0.3) is 0 Å². The van der Waals surface area contributed by atoms with Gasteiger partial charge in [0.05, 0.1) is 0 Å². The van der Waals surface area contributed by atoms with Crippen LogP contribution in [0.4, 0.5) is 0 Å². The summed E-state index contributed by atoms with van der Waals surface area (Å²) < 4.78 is 16.9. The summed E-state index contributed by atoms with van der Waals surface area (Å²) in [5.74, 6) is -0.844. The molecule has 0 N–H and O–H groups in total. The summed E-state index contributed by atoms with van der Waals surface area (Å²) in [6.07, 6.45) is 62.0. The molecule has 0 rings (SSSR count). The van der Waals surface area contributed by atoms with Gasteiger partial charge < -0.3 is 14.2 Å². The standard InChI is InChI=1S/C59H112O6/c1-4-7-10-13-16-19-22-25-28-31-34-37-40-43-46-49-52-58(61)64-55-56(54-63-57(60)51-48-45-42-39-36-33-30-27-24-21-18-15-12-9-6-3)65-59(62)53-50-47-44-41-38-35-32-29-26-23-20-17-14-11-8-5-2/h21,24,56H,4-20,22-23,25-55H2,1-3H3/b24-21-. The molecule has 6 heteroatoms. The summed E-state index contributed by atoms with van der Waals surface area (Å²) in [4.78, 5) is 38.1. The Morgan fingerprint density at radius 2 is 0.508 bits per heavy atom. The smallest absolute Gasteiger partial charge is 0.306 e. The minimum atomic E-state index is -0.766. The van der Waals surface area contributed by atoms with E-state index in [-0.39, 0.29) is 31.1 Å². The highest BCUT2D eigenvalue weighted by Gasteiger charge is 2.19. The Morgan fingerprint density at radius 1 is 0.292 bits per heavy atom. The first-order chi connectivity index (χ1) is 32.0. The van der Waals surface area contributed by atoms with Crippen LogP contribution in [0.2, 0.25) is 0 Å². The van der Waals surface area contributed by atoms with Gasteiger partial charge in [0.1, 0.15) is 13.2 Å². The number of unbranched alkanes of at least 4 members (excludes halogenated alkanes) is 41. The average molecular weight is 918 g/mol. The summed E-state index contributed by atoms with van der Waals surface area (Å²) in [6.45, 7) is 6.68. The van der Waals surface area contributed by atoms with E-state index in [9.17, 15) is 14.4 Å². The van der Waals surface area contributed by atoms with Gasteiger partial charge in [0.2, 0.25) is 0 Å². The monoisotopic (exact) mass is 917 g/mol. The lowest BCUT2D eigenvalue weighted by Gasteiger charge is -2.18. The van der Waals surface area contributed by atoms with Gasteiger partial charge in [0.25, 0.3) is 0 Å². The molecule has 0 aliphatic carbocycles. The molecule has 6 nitrogen and oxygen atoms in total. The van der Waals surface area contributed by atoms with Crippen molar-refractivity contribution in [1.29, 1.82) is 0 Å². The van der Waals surface area contributed by atoms with Gasteiger partial charge in [-0.25, -0.2) is 0 Å². The van der Waals surface area contributed by atoms with Gasteiger partial charge in [-0.2, -0.15) is 0 Å². The normalized spacial score (nSPS) is 12.0. The fourth-order valence-corrected chi connectivity index (χ4v) is 8.85. The van der Waals surface area contributed by atoms with Crippen LogP contribution in [-0.2, 0) is 28.6 Å². The molecule has 0 aromatic heterocycles. The van der Waals surface area contributed by atoms with Crippen LogP contribution in [0.1, 0.15) is 329 Å². The van der Waals surface area contributed by atoms with Gasteiger partial charge in [-0.05, 0) is 44.9 Å². The maximum absolute atomic E-state index is 12.9. The van der Waals surface area contributed by atoms with E-state index in [1.165, 1.54) is 231 Å². The molecular formula is C59H112O6. The minimum absolute atomic E-state index is 0.0651. The predicted octanol–water partition coefficient (Wildman–Crippen LogP) is 19.3. The van der Waals surface area contributed by atoms with E-state index in [1.807, 2.05) is 0 Å². The van der Waals surface area contributed by atoms with Crippen molar-refractivity contribution in [1.82, 2.24) is 0 Å². The van der Waals surface area contributed by atoms with E-state index in [0.717, 1.165) is 57.8 Å². The van der Waals surface area contributed by atoms with Crippen molar-refractivity contribution in [3.8, 4) is 0 Å². The highest BCUT2D eigenvalue weighted by atomic mass is 16.6. The molecule has 0 saturated heterocycles. The zero-order valence-corrected chi connectivity index (χ0v) is 44.0. The summed E-state index contributed by atoms with van der Waals surface area (Å²) in [5, 5.41) is 0. The van der Waals surface area contributed by atoms with Crippen molar-refractivity contribution in [2.45, 2.75) is 335 Å². The third kappa shape index (κ3) is 53.0. The molecule has 1 atom stereocenters. The van der Waals surface area contributed by atoms with E-state index in [0.29, 0.717) is 19.3 Å². The van der Waals surface area contributed by atoms with Crippen molar-refractivity contribution in [2.24, 2.45) is 0 Å². The number of ether oxygens (including phenoxy) is 3. The molecule has 0 aliphatic rings. The van der Waals surface area contributed by atoms with E-state index in [1.54, 1.807) is 0 Å². The van der Waals surface area contributed by atoms with Crippen LogP contribution < -0.4 is 0 Å². The van der Waals surface area contributed by atoms with Gasteiger partial charge in [0.15, 0.2) is 6.10 Å². The second-order valence-corrected chi connectivity index (χ2v) is 19.9. The lowest BCUT2D eigenvalue weighted by molar-refractivity contribution is -0.167. The molecule has 0 fully saturated rings. The zero-order valence-electron chi connectivity index (χ0n) is 44.0. The van der Waals surface area contributed by atoms with Gasteiger partial charge >= 0.3 is 17.9 Å². The maximum atomic E-state index is 12.9. The van der Waals surface area contributed by atoms with Crippen molar-refractivity contribution in [3.63, 3.8) is 0 Å². The average Bonchev–Trinajstić information content (AvgIpc) is 3.30. The summed E-state index contributed by atoms with van der Waals surface area (Å²) in [5.41, 5.74) is 0. The fourth-order valence-electron chi connectivity index (χ4n) is 8.85. The zero-order chi connectivity index (χ0) is 47.2. The number of hydrogen-bond acceptors (Lipinski definition) is 6. The lowest BCUT2D eigenvalue weighted by atomic mass is 10.0. The van der Waals surface area contributed by atoms with Crippen molar-refractivity contribution in [3.05, 3.63) is 12.2 Å². The third-order valence-corrected chi connectivity index (χ3v) is 13.3. The summed E-state index contributed by atoms with van der Waals surface area (Å²) in [6, 6.07) is 0. The SMILES string of the molecule is CCCCCC/C=C\CCCCCCCCCC(=O)OCC(COC(=O)CCCCCCCCCCCCCCCCCC)OC(=O)CCCCCCCCCCCCCCCCCC. The highest BCUT2D eigenvalue weighted by Crippen LogP contribution is 2.17. The Kier molecular flexibility index (Phi) is 53.2. The van der Waals surface area contributed by atoms with Crippen LogP contribution in [0, 0.1) is 0 Å². The number of hydrogen-bond donors (Lipinski definition) is 0. The molecule has 384 valence electrons. The molecule has 0 aromatic rings. The molecule has 0 spiro atoms. The van der Waals surface area contributed by atoms with Crippen LogP contribution >= 0.6 is 0 Å². The number of carbonyl (C=O) groups is 3. The quantitative estimate of drug-likeness (QED) is 0.0262. The molecule has 65 heavy (non-hydrogen) atoms. The van der Waals surface area contributed by atoms with Crippen molar-refractivity contribution >= 4 is 17.9 Å². The molecule has 0 aliphatic heterocycles. The van der Waals surface area contributed by atoms with Crippen LogP contribution in [0.3, 0.4) is 0 Å². The number of allylic oxidation sites excluding steroid dienone is 2. The molecular weight excluding hydrogens is 805 g/mol. The number of rotatable bonds is 54. The van der Waals surface area contributed by atoms with Gasteiger partial charge in [-0.15, -0.1) is 0 Å². The Hall–Kier alpha value is -1.85. The maximum Gasteiger partial charge on any atom is 0.306 e. The number of esters is 3. The van der Waals surface area contributed by atoms with Gasteiger partial charge in [0, 0.05) is 19.3 Å². The highest BCUT2D eigenvalue weighted by molar-refractivity contribution is 5.71. The van der Waals surface area contributed by atoms with E-state index in [2.05, 4.69) is 32.9 Å². The predicted molar refractivity (Wildman–Crippen MR) is 280 cm³/mol. The van der Waals surface area contributed by atoms with Crippen LogP contribution in [-0.4, -0.2) is 37.2 Å². The second kappa shape index (κ2) is 54.8. The molecule has 0 bridgehead atoms. The number of carbonyl (C=O) groups excluding carboxylic acids is 3. The summed E-state index contributed by atoms with van der Waals surface area (Å²) in [7, 11) is 0. The van der Waals surface area contributed by atoms with E-state index < -0.39 is 6.10 Å². The first kappa shape index (κ1) is 63.1. The Balaban J connectivity index is 4.31.